The number of nitrogens with one attached hydrogen (secondary N) is 2. The third-order valence-corrected chi connectivity index (χ3v) is 6.94. The van der Waals surface area contributed by atoms with Crippen molar-refractivity contribution in [2.45, 2.75) is 36.4 Å². The van der Waals surface area contributed by atoms with E-state index in [1.54, 1.807) is 6.07 Å². The number of ether oxygens (including phenoxy) is 1. The highest BCUT2D eigenvalue weighted by atomic mass is 32.2. The molecule has 0 saturated carbocycles. The van der Waals surface area contributed by atoms with Gasteiger partial charge < -0.3 is 14.7 Å². The van der Waals surface area contributed by atoms with Crippen molar-refractivity contribution >= 4 is 33.6 Å². The minimum absolute atomic E-state index is 0.128. The lowest BCUT2D eigenvalue weighted by Gasteiger charge is -2.14. The average molecular weight is 459 g/mol. The highest BCUT2D eigenvalue weighted by Gasteiger charge is 2.23. The summed E-state index contributed by atoms with van der Waals surface area (Å²) in [5.74, 6) is 1.91. The van der Waals surface area contributed by atoms with Crippen LogP contribution in [0.2, 0.25) is 0 Å². The smallest absolute Gasteiger partial charge is 0.258 e. The molecule has 0 aliphatic carbocycles. The van der Waals surface area contributed by atoms with Crippen molar-refractivity contribution < 1.29 is 4.74 Å². The molecule has 0 bridgehead atoms. The Labute approximate surface area is 193 Å². The number of fused-ring (bicyclic) bond motifs is 2. The van der Waals surface area contributed by atoms with Crippen LogP contribution < -0.4 is 5.56 Å². The number of para-hydroxylation sites is 2. The molecule has 1 aliphatic rings. The zero-order valence-corrected chi connectivity index (χ0v) is 18.6. The number of H-pyrrole nitrogens is 2. The maximum absolute atomic E-state index is 12.4. The maximum atomic E-state index is 12.4. The standard InChI is InChI=1S/C24H22N6O2S/c31-23-17-8-2-4-10-20(17)26-21(27-23)14-33-24-29-28-22(30(24)13-15-6-5-11-32-15)18-12-25-19-9-3-1-7-16(18)19/h1-4,7-10,12,15,25H,5-6,11,13-14H2,(H,26,27,31). The summed E-state index contributed by atoms with van der Waals surface area (Å²) in [5, 5.41) is 11.5. The van der Waals surface area contributed by atoms with Crippen LogP contribution in [0.25, 0.3) is 33.2 Å². The summed E-state index contributed by atoms with van der Waals surface area (Å²) in [6.07, 6.45) is 4.22. The molecule has 0 spiro atoms. The number of thioether (sulfide) groups is 1. The van der Waals surface area contributed by atoms with E-state index in [2.05, 4.69) is 41.8 Å². The normalized spacial score (nSPS) is 16.2. The molecule has 1 fully saturated rings. The van der Waals surface area contributed by atoms with E-state index in [4.69, 9.17) is 4.74 Å². The average Bonchev–Trinajstić information content (AvgIpc) is 3.58. The number of aromatic nitrogens is 6. The third kappa shape index (κ3) is 3.83. The molecular formula is C24H22N6O2S. The van der Waals surface area contributed by atoms with E-state index in [0.29, 0.717) is 29.0 Å². The van der Waals surface area contributed by atoms with Crippen molar-refractivity contribution in [1.82, 2.24) is 29.7 Å². The number of rotatable bonds is 6. The molecule has 1 saturated heterocycles. The quantitative estimate of drug-likeness (QED) is 0.371. The molecule has 1 aliphatic heterocycles. The van der Waals surface area contributed by atoms with Gasteiger partial charge in [0.2, 0.25) is 0 Å². The van der Waals surface area contributed by atoms with Crippen molar-refractivity contribution in [3.05, 3.63) is 70.9 Å². The van der Waals surface area contributed by atoms with E-state index >= 15 is 0 Å². The van der Waals surface area contributed by atoms with Crippen LogP contribution in [0.3, 0.4) is 0 Å². The van der Waals surface area contributed by atoms with Gasteiger partial charge in [-0.3, -0.25) is 9.36 Å². The number of benzene rings is 2. The zero-order valence-electron chi connectivity index (χ0n) is 17.8. The van der Waals surface area contributed by atoms with Gasteiger partial charge in [0.25, 0.3) is 5.56 Å². The van der Waals surface area contributed by atoms with E-state index in [-0.39, 0.29) is 11.7 Å². The largest absolute Gasteiger partial charge is 0.376 e. The van der Waals surface area contributed by atoms with Crippen molar-refractivity contribution in [2.75, 3.05) is 6.61 Å². The molecule has 0 radical (unpaired) electrons. The molecule has 166 valence electrons. The Morgan fingerprint density at radius 1 is 1.09 bits per heavy atom. The Morgan fingerprint density at radius 2 is 1.94 bits per heavy atom. The molecule has 2 N–H and O–H groups in total. The van der Waals surface area contributed by atoms with Gasteiger partial charge in [0.1, 0.15) is 5.82 Å². The highest BCUT2D eigenvalue weighted by molar-refractivity contribution is 7.98. The lowest BCUT2D eigenvalue weighted by atomic mass is 10.1. The van der Waals surface area contributed by atoms with Crippen molar-refractivity contribution in [1.29, 1.82) is 0 Å². The Hall–Kier alpha value is -3.43. The van der Waals surface area contributed by atoms with Crippen LogP contribution >= 0.6 is 11.8 Å². The van der Waals surface area contributed by atoms with Crippen molar-refractivity contribution in [3.63, 3.8) is 0 Å². The van der Waals surface area contributed by atoms with Crippen molar-refractivity contribution in [2.24, 2.45) is 0 Å². The molecule has 3 aromatic heterocycles. The van der Waals surface area contributed by atoms with Gasteiger partial charge in [-0.05, 0) is 31.0 Å². The Morgan fingerprint density at radius 3 is 2.82 bits per heavy atom. The highest BCUT2D eigenvalue weighted by Crippen LogP contribution is 2.32. The molecule has 2 aromatic carbocycles. The number of hydrogen-bond acceptors (Lipinski definition) is 6. The van der Waals surface area contributed by atoms with E-state index in [1.807, 2.05) is 36.5 Å². The molecule has 1 atom stereocenters. The van der Waals surface area contributed by atoms with Gasteiger partial charge in [0.15, 0.2) is 11.0 Å². The number of aromatic amines is 2. The van der Waals surface area contributed by atoms with Crippen LogP contribution in [0.1, 0.15) is 18.7 Å². The molecule has 33 heavy (non-hydrogen) atoms. The van der Waals surface area contributed by atoms with Crippen LogP contribution in [-0.2, 0) is 17.0 Å². The maximum Gasteiger partial charge on any atom is 0.258 e. The number of hydrogen-bond donors (Lipinski definition) is 2. The first-order valence-corrected chi connectivity index (χ1v) is 12.0. The molecule has 0 amide bonds. The lowest BCUT2D eigenvalue weighted by Crippen LogP contribution is -2.17. The third-order valence-electron chi connectivity index (χ3n) is 5.96. The van der Waals surface area contributed by atoms with Crippen molar-refractivity contribution in [3.8, 4) is 11.4 Å². The minimum Gasteiger partial charge on any atom is -0.376 e. The summed E-state index contributed by atoms with van der Waals surface area (Å²) >= 11 is 1.52. The second kappa shape index (κ2) is 8.49. The molecule has 5 aromatic rings. The van der Waals surface area contributed by atoms with Gasteiger partial charge >= 0.3 is 0 Å². The molecule has 8 nitrogen and oxygen atoms in total. The van der Waals surface area contributed by atoms with Gasteiger partial charge in [0, 0.05) is 29.3 Å². The molecule has 9 heteroatoms. The van der Waals surface area contributed by atoms with Crippen LogP contribution in [-0.4, -0.2) is 42.4 Å². The fraction of sp³-hybridized carbons (Fsp3) is 0.250. The summed E-state index contributed by atoms with van der Waals surface area (Å²) < 4.78 is 8.05. The monoisotopic (exact) mass is 458 g/mol. The van der Waals surface area contributed by atoms with Gasteiger partial charge in [0.05, 0.1) is 29.3 Å². The first-order chi connectivity index (χ1) is 16.3. The fourth-order valence-corrected chi connectivity index (χ4v) is 5.16. The minimum atomic E-state index is -0.128. The van der Waals surface area contributed by atoms with Crippen LogP contribution in [0.5, 0.6) is 0 Å². The first kappa shape index (κ1) is 20.2. The van der Waals surface area contributed by atoms with E-state index in [1.165, 1.54) is 11.8 Å². The van der Waals surface area contributed by atoms with E-state index in [0.717, 1.165) is 46.9 Å². The second-order valence-corrected chi connectivity index (χ2v) is 9.06. The summed E-state index contributed by atoms with van der Waals surface area (Å²) in [4.78, 5) is 23.3. The second-order valence-electron chi connectivity index (χ2n) is 8.12. The van der Waals surface area contributed by atoms with Crippen LogP contribution in [0.15, 0.2) is 64.7 Å². The van der Waals surface area contributed by atoms with Crippen LogP contribution in [0.4, 0.5) is 0 Å². The summed E-state index contributed by atoms with van der Waals surface area (Å²) in [6, 6.07) is 15.5. The molecule has 4 heterocycles. The molecule has 1 unspecified atom stereocenters. The molecular weight excluding hydrogens is 436 g/mol. The Kier molecular flexibility index (Phi) is 5.20. The van der Waals surface area contributed by atoms with E-state index in [9.17, 15) is 4.79 Å². The van der Waals surface area contributed by atoms with Crippen LogP contribution in [0, 0.1) is 0 Å². The summed E-state index contributed by atoms with van der Waals surface area (Å²) in [5.41, 5.74) is 2.64. The summed E-state index contributed by atoms with van der Waals surface area (Å²) in [7, 11) is 0. The SMILES string of the molecule is O=c1[nH]c(CSc2nnc(-c3c[nH]c4ccccc34)n2CC2CCCO2)nc2ccccc12. The van der Waals surface area contributed by atoms with Gasteiger partial charge in [-0.1, -0.05) is 42.1 Å². The number of nitrogens with zero attached hydrogens (tertiary/aromatic N) is 4. The Bertz CT molecular complexity index is 1500. The van der Waals surface area contributed by atoms with Gasteiger partial charge in [-0.25, -0.2) is 4.98 Å². The lowest BCUT2D eigenvalue weighted by molar-refractivity contribution is 0.0953. The van der Waals surface area contributed by atoms with Gasteiger partial charge in [-0.2, -0.15) is 0 Å². The molecule has 6 rings (SSSR count). The van der Waals surface area contributed by atoms with Gasteiger partial charge in [-0.15, -0.1) is 10.2 Å². The Balaban J connectivity index is 1.35. The first-order valence-electron chi connectivity index (χ1n) is 11.0. The topological polar surface area (TPSA) is 101 Å². The van der Waals surface area contributed by atoms with E-state index < -0.39 is 0 Å². The predicted molar refractivity (Wildman–Crippen MR) is 128 cm³/mol. The predicted octanol–water partition coefficient (Wildman–Crippen LogP) is 4.13. The summed E-state index contributed by atoms with van der Waals surface area (Å²) in [6.45, 7) is 1.48. The fourth-order valence-electron chi connectivity index (χ4n) is 4.34. The zero-order chi connectivity index (χ0) is 22.2.